The number of aliphatic hydroxyl groups excluding tert-OH is 1. The van der Waals surface area contributed by atoms with E-state index in [0.29, 0.717) is 29.6 Å². The van der Waals surface area contributed by atoms with E-state index in [1.807, 2.05) is 19.1 Å². The van der Waals surface area contributed by atoms with Gasteiger partial charge in [0, 0.05) is 18.3 Å². The molecule has 1 aromatic rings. The second-order valence-electron chi connectivity index (χ2n) is 15.5. The third-order valence-electron chi connectivity index (χ3n) is 13.5. The zero-order valence-corrected chi connectivity index (χ0v) is 26.4. The van der Waals surface area contributed by atoms with Crippen LogP contribution in [-0.4, -0.2) is 44.2 Å². The zero-order chi connectivity index (χ0) is 28.9. The lowest BCUT2D eigenvalue weighted by atomic mass is 9.44. The lowest BCUT2D eigenvalue weighted by Crippen LogP contribution is -2.56. The summed E-state index contributed by atoms with van der Waals surface area (Å²) in [6.45, 7) is 12.2. The van der Waals surface area contributed by atoms with Crippen LogP contribution in [0.15, 0.2) is 29.2 Å². The molecule has 2 saturated heterocycles. The average Bonchev–Trinajstić information content (AvgIpc) is 3.34. The van der Waals surface area contributed by atoms with E-state index < -0.39 is 22.0 Å². The summed E-state index contributed by atoms with van der Waals surface area (Å²) in [7, 11) is -3.77. The summed E-state index contributed by atoms with van der Waals surface area (Å²) in [5.41, 5.74) is 1.25. The zero-order valence-electron chi connectivity index (χ0n) is 25.6. The Hall–Kier alpha value is -0.990. The van der Waals surface area contributed by atoms with E-state index >= 15 is 0 Å². The standard InChI is InChI=1S/C34H50O6S/c1-20-6-9-25(10-7-20)41(36,37)40-24-13-15-32(4)23(18-24)8-11-26-27(32)14-16-33(5)28-22(3)34(17-12-21(2)19-38-34)39-31(28)30(35)29(26)33/h6-7,9-10,21-24,26-31,35H,8,11-19H2,1-5H3. The molecule has 6 nitrogen and oxygen atoms in total. The second kappa shape index (κ2) is 9.76. The van der Waals surface area contributed by atoms with Crippen LogP contribution in [0.3, 0.4) is 0 Å². The molecule has 4 aliphatic carbocycles. The maximum atomic E-state index is 13.1. The highest BCUT2D eigenvalue weighted by molar-refractivity contribution is 7.86. The number of hydrogen-bond acceptors (Lipinski definition) is 6. The van der Waals surface area contributed by atoms with Gasteiger partial charge in [-0.3, -0.25) is 4.18 Å². The fourth-order valence-corrected chi connectivity index (χ4v) is 12.4. The fraction of sp³-hybridized carbons (Fsp3) is 0.824. The van der Waals surface area contributed by atoms with E-state index in [1.165, 1.54) is 6.42 Å². The summed E-state index contributed by atoms with van der Waals surface area (Å²) < 4.78 is 45.2. The third kappa shape index (κ3) is 4.26. The molecule has 1 spiro atoms. The molecule has 13 unspecified atom stereocenters. The Morgan fingerprint density at radius 1 is 0.927 bits per heavy atom. The normalized spacial score (nSPS) is 51.1. The number of benzene rings is 1. The van der Waals surface area contributed by atoms with Crippen molar-refractivity contribution in [3.05, 3.63) is 29.8 Å². The quantitative estimate of drug-likeness (QED) is 0.408. The van der Waals surface area contributed by atoms with Gasteiger partial charge in [-0.2, -0.15) is 8.42 Å². The van der Waals surface area contributed by atoms with Gasteiger partial charge in [0.05, 0.1) is 29.8 Å². The molecule has 0 aromatic heterocycles. The van der Waals surface area contributed by atoms with E-state index in [2.05, 4.69) is 27.7 Å². The average molecular weight is 587 g/mol. The van der Waals surface area contributed by atoms with Crippen LogP contribution in [0.2, 0.25) is 0 Å². The van der Waals surface area contributed by atoms with Crippen LogP contribution in [0.5, 0.6) is 0 Å². The van der Waals surface area contributed by atoms with Crippen LogP contribution in [0, 0.1) is 59.2 Å². The van der Waals surface area contributed by atoms with Crippen molar-refractivity contribution >= 4 is 10.1 Å². The minimum absolute atomic E-state index is 0.0617. The number of ether oxygens (including phenoxy) is 2. The summed E-state index contributed by atoms with van der Waals surface area (Å²) in [6.07, 6.45) is 8.29. The molecule has 7 heteroatoms. The molecule has 4 saturated carbocycles. The first-order chi connectivity index (χ1) is 19.4. The molecule has 2 heterocycles. The monoisotopic (exact) mass is 586 g/mol. The van der Waals surface area contributed by atoms with Gasteiger partial charge in [-0.15, -0.1) is 0 Å². The highest BCUT2D eigenvalue weighted by Crippen LogP contribution is 2.71. The molecular weight excluding hydrogens is 536 g/mol. The Morgan fingerprint density at radius 2 is 1.66 bits per heavy atom. The van der Waals surface area contributed by atoms with Gasteiger partial charge in [0.25, 0.3) is 10.1 Å². The van der Waals surface area contributed by atoms with Crippen LogP contribution in [0.1, 0.15) is 91.0 Å². The van der Waals surface area contributed by atoms with E-state index in [1.54, 1.807) is 12.1 Å². The van der Waals surface area contributed by atoms with Crippen molar-refractivity contribution in [1.29, 1.82) is 0 Å². The number of hydrogen-bond donors (Lipinski definition) is 1. The van der Waals surface area contributed by atoms with Crippen molar-refractivity contribution < 1.29 is 27.2 Å². The van der Waals surface area contributed by atoms with E-state index in [4.69, 9.17) is 13.7 Å². The number of aliphatic hydroxyl groups is 1. The summed E-state index contributed by atoms with van der Waals surface area (Å²) in [4.78, 5) is 0.249. The molecule has 228 valence electrons. The molecule has 7 rings (SSSR count). The van der Waals surface area contributed by atoms with E-state index in [-0.39, 0.29) is 39.8 Å². The van der Waals surface area contributed by atoms with Gasteiger partial charge in [-0.25, -0.2) is 0 Å². The van der Waals surface area contributed by atoms with Crippen molar-refractivity contribution in [1.82, 2.24) is 0 Å². The predicted molar refractivity (Wildman–Crippen MR) is 156 cm³/mol. The summed E-state index contributed by atoms with van der Waals surface area (Å²) in [6, 6.07) is 6.95. The lowest BCUT2D eigenvalue weighted by molar-refractivity contribution is -0.282. The van der Waals surface area contributed by atoms with Crippen molar-refractivity contribution in [2.45, 2.75) is 121 Å². The van der Waals surface area contributed by atoms with Gasteiger partial charge in [0.2, 0.25) is 0 Å². The van der Waals surface area contributed by atoms with Crippen LogP contribution < -0.4 is 0 Å². The molecular formula is C34H50O6S. The molecule has 2 aliphatic heterocycles. The van der Waals surface area contributed by atoms with Crippen molar-refractivity contribution in [2.75, 3.05) is 6.61 Å². The van der Waals surface area contributed by atoms with Gasteiger partial charge in [0.1, 0.15) is 0 Å². The van der Waals surface area contributed by atoms with Gasteiger partial charge in [-0.1, -0.05) is 45.4 Å². The highest BCUT2D eigenvalue weighted by atomic mass is 32.2. The van der Waals surface area contributed by atoms with Gasteiger partial charge >= 0.3 is 0 Å². The van der Waals surface area contributed by atoms with Gasteiger partial charge in [0.15, 0.2) is 5.79 Å². The Labute approximate surface area is 247 Å². The molecule has 0 bridgehead atoms. The molecule has 0 radical (unpaired) electrons. The van der Waals surface area contributed by atoms with Crippen LogP contribution in [0.25, 0.3) is 0 Å². The third-order valence-corrected chi connectivity index (χ3v) is 14.8. The molecule has 13 atom stereocenters. The van der Waals surface area contributed by atoms with E-state index in [0.717, 1.165) is 63.5 Å². The second-order valence-corrected chi connectivity index (χ2v) is 17.1. The van der Waals surface area contributed by atoms with E-state index in [9.17, 15) is 13.5 Å². The van der Waals surface area contributed by atoms with Crippen molar-refractivity contribution in [3.8, 4) is 0 Å². The molecule has 41 heavy (non-hydrogen) atoms. The number of rotatable bonds is 3. The van der Waals surface area contributed by atoms with Crippen LogP contribution >= 0.6 is 0 Å². The Bertz CT molecular complexity index is 1250. The number of fused-ring (bicyclic) bond motifs is 7. The minimum atomic E-state index is -3.77. The first-order valence-electron chi connectivity index (χ1n) is 16.4. The summed E-state index contributed by atoms with van der Waals surface area (Å²) in [5, 5.41) is 12.0. The predicted octanol–water partition coefficient (Wildman–Crippen LogP) is 6.49. The maximum Gasteiger partial charge on any atom is 0.297 e. The Balaban J connectivity index is 1.07. The molecule has 6 aliphatic rings. The Kier molecular flexibility index (Phi) is 6.84. The lowest BCUT2D eigenvalue weighted by Gasteiger charge is -2.61. The Morgan fingerprint density at radius 3 is 2.37 bits per heavy atom. The summed E-state index contributed by atoms with van der Waals surface area (Å²) in [5.74, 6) is 2.42. The fourth-order valence-electron chi connectivity index (χ4n) is 11.3. The summed E-state index contributed by atoms with van der Waals surface area (Å²) >= 11 is 0. The van der Waals surface area contributed by atoms with Gasteiger partial charge < -0.3 is 14.6 Å². The largest absolute Gasteiger partial charge is 0.390 e. The topological polar surface area (TPSA) is 82.1 Å². The van der Waals surface area contributed by atoms with Crippen molar-refractivity contribution in [3.63, 3.8) is 0 Å². The molecule has 1 N–H and O–H groups in total. The molecule has 1 aromatic carbocycles. The molecule has 0 amide bonds. The SMILES string of the molecule is Cc1ccc(S(=O)(=O)OC2CCC3(C)C(CCC4C3CCC3(C)C4C(O)C4OC5(CCC(C)CO5)C(C)C43)C2)cc1. The van der Waals surface area contributed by atoms with Crippen LogP contribution in [-0.2, 0) is 23.8 Å². The highest BCUT2D eigenvalue weighted by Gasteiger charge is 2.72. The van der Waals surface area contributed by atoms with Crippen LogP contribution in [0.4, 0.5) is 0 Å². The number of aryl methyl sites for hydroxylation is 1. The van der Waals surface area contributed by atoms with Gasteiger partial charge in [-0.05, 0) is 111 Å². The molecule has 6 fully saturated rings. The first-order valence-corrected chi connectivity index (χ1v) is 17.8. The smallest absolute Gasteiger partial charge is 0.297 e. The minimum Gasteiger partial charge on any atom is -0.390 e. The maximum absolute atomic E-state index is 13.1. The van der Waals surface area contributed by atoms with Crippen molar-refractivity contribution in [2.24, 2.45) is 52.3 Å². The first kappa shape index (κ1) is 28.8.